The number of alkyl halides is 1. The van der Waals surface area contributed by atoms with Crippen molar-refractivity contribution in [3.63, 3.8) is 0 Å². The van der Waals surface area contributed by atoms with Gasteiger partial charge in [0.2, 0.25) is 0 Å². The van der Waals surface area contributed by atoms with E-state index in [1.165, 1.54) is 7.11 Å². The van der Waals surface area contributed by atoms with E-state index >= 15 is 0 Å². The highest BCUT2D eigenvalue weighted by molar-refractivity contribution is 6.21. The van der Waals surface area contributed by atoms with E-state index in [0.717, 1.165) is 5.56 Å². The zero-order chi connectivity index (χ0) is 11.7. The quantitative estimate of drug-likeness (QED) is 0.452. The number of hydrogen-bond donors (Lipinski definition) is 0. The Kier molecular flexibility index (Phi) is 2.88. The van der Waals surface area contributed by atoms with Gasteiger partial charge in [0.15, 0.2) is 5.56 Å². The Morgan fingerprint density at radius 2 is 2.38 bits per heavy atom. The highest BCUT2D eigenvalue weighted by atomic mass is 35.5. The summed E-state index contributed by atoms with van der Waals surface area (Å²) in [6.07, 6.45) is 1.71. The molecule has 0 saturated carbocycles. The molecule has 2 atom stereocenters. The third-order valence-electron chi connectivity index (χ3n) is 2.57. The van der Waals surface area contributed by atoms with Crippen LogP contribution in [0.25, 0.3) is 0 Å². The fourth-order valence-corrected chi connectivity index (χ4v) is 2.07. The van der Waals surface area contributed by atoms with Crippen LogP contribution in [0.2, 0.25) is 0 Å². The van der Waals surface area contributed by atoms with E-state index in [1.807, 2.05) is 0 Å². The largest absolute Gasteiger partial charge is 0.473 e. The monoisotopic (exact) mass is 238 g/mol. The summed E-state index contributed by atoms with van der Waals surface area (Å²) in [4.78, 5) is 11.4. The Morgan fingerprint density at radius 1 is 1.62 bits per heavy atom. The average molecular weight is 239 g/mol. The lowest BCUT2D eigenvalue weighted by Gasteiger charge is -2.06. The number of carbonyl (C=O) groups is 1. The van der Waals surface area contributed by atoms with Gasteiger partial charge in [0.25, 0.3) is 0 Å². The van der Waals surface area contributed by atoms with Crippen molar-refractivity contribution in [1.82, 2.24) is 0 Å². The number of ether oxygens (including phenoxy) is 2. The van der Waals surface area contributed by atoms with E-state index in [0.29, 0.717) is 11.3 Å². The fraction of sp³-hybridized carbons (Fsp3) is 0.250. The van der Waals surface area contributed by atoms with Crippen LogP contribution in [-0.4, -0.2) is 18.6 Å². The molecule has 0 fully saturated rings. The minimum atomic E-state index is -0.458. The van der Waals surface area contributed by atoms with Crippen LogP contribution >= 0.6 is 11.6 Å². The fourth-order valence-electron chi connectivity index (χ4n) is 1.73. The molecule has 0 saturated heterocycles. The minimum absolute atomic E-state index is 0.0960. The van der Waals surface area contributed by atoms with Gasteiger partial charge in [0, 0.05) is 5.56 Å². The zero-order valence-electron chi connectivity index (χ0n) is 8.77. The first-order valence-electron chi connectivity index (χ1n) is 4.83. The molecule has 1 aliphatic rings. The van der Waals surface area contributed by atoms with Crippen molar-refractivity contribution >= 4 is 17.6 Å². The number of halogens is 1. The summed E-state index contributed by atoms with van der Waals surface area (Å²) in [6.45, 7) is 3.71. The molecule has 1 heterocycles. The maximum Gasteiger partial charge on any atom is 0.337 e. The molecule has 0 bridgehead atoms. The predicted octanol–water partition coefficient (Wildman–Crippen LogP) is 2.70. The van der Waals surface area contributed by atoms with Crippen LogP contribution in [-0.2, 0) is 4.74 Å². The molecule has 1 aliphatic heterocycles. The number of hydrogen-bond acceptors (Lipinski definition) is 3. The van der Waals surface area contributed by atoms with Gasteiger partial charge in [-0.05, 0) is 18.2 Å². The Labute approximate surface area is 98.6 Å². The first kappa shape index (κ1) is 11.0. The lowest BCUT2D eigenvalue weighted by atomic mass is 9.99. The molecule has 4 heteroatoms. The Balaban J connectivity index is 2.43. The molecular weight excluding hydrogens is 228 g/mol. The summed E-state index contributed by atoms with van der Waals surface area (Å²) in [5.74, 6) is 0.225. The first-order chi connectivity index (χ1) is 7.67. The van der Waals surface area contributed by atoms with Gasteiger partial charge in [-0.25, -0.2) is 4.79 Å². The number of methoxy groups -OCH3 is 1. The summed E-state index contributed by atoms with van der Waals surface area (Å²) in [5.41, 5.74) is 0.903. The van der Waals surface area contributed by atoms with Crippen molar-refractivity contribution in [2.75, 3.05) is 7.11 Å². The maximum atomic E-state index is 11.4. The molecule has 0 aromatic heterocycles. The second-order valence-electron chi connectivity index (χ2n) is 3.47. The lowest BCUT2D eigenvalue weighted by molar-refractivity contribution is 0.0600. The van der Waals surface area contributed by atoms with E-state index in [-0.39, 0.29) is 11.9 Å². The summed E-state index contributed by atoms with van der Waals surface area (Å²) in [6, 6.07) is 5.11. The second kappa shape index (κ2) is 4.18. The van der Waals surface area contributed by atoms with Gasteiger partial charge in [0.1, 0.15) is 5.75 Å². The molecule has 2 rings (SSSR count). The van der Waals surface area contributed by atoms with Crippen molar-refractivity contribution < 1.29 is 14.3 Å². The van der Waals surface area contributed by atoms with Gasteiger partial charge in [-0.1, -0.05) is 17.7 Å². The van der Waals surface area contributed by atoms with E-state index in [9.17, 15) is 4.79 Å². The summed E-state index contributed by atoms with van der Waals surface area (Å²) < 4.78 is 10.1. The van der Waals surface area contributed by atoms with E-state index in [4.69, 9.17) is 16.3 Å². The number of benzene rings is 1. The van der Waals surface area contributed by atoms with Crippen molar-refractivity contribution in [3.8, 4) is 5.75 Å². The van der Waals surface area contributed by atoms with Crippen LogP contribution < -0.4 is 4.74 Å². The molecular formula is C12H11ClO3. The Morgan fingerprint density at radius 3 is 3.00 bits per heavy atom. The molecule has 2 unspecified atom stereocenters. The molecule has 3 nitrogen and oxygen atoms in total. The van der Waals surface area contributed by atoms with Gasteiger partial charge in [0.05, 0.1) is 18.6 Å². The van der Waals surface area contributed by atoms with Crippen molar-refractivity contribution in [2.45, 2.75) is 11.5 Å². The molecule has 16 heavy (non-hydrogen) atoms. The molecule has 1 aromatic rings. The molecule has 84 valence electrons. The maximum absolute atomic E-state index is 11.4. The first-order valence-corrected chi connectivity index (χ1v) is 5.26. The topological polar surface area (TPSA) is 35.5 Å². The van der Waals surface area contributed by atoms with E-state index in [2.05, 4.69) is 11.3 Å². The van der Waals surface area contributed by atoms with Crippen molar-refractivity contribution in [3.05, 3.63) is 42.0 Å². The molecule has 0 aliphatic carbocycles. The number of fused-ring (bicyclic) bond motifs is 1. The van der Waals surface area contributed by atoms with Gasteiger partial charge >= 0.3 is 5.97 Å². The second-order valence-corrected chi connectivity index (χ2v) is 3.90. The van der Waals surface area contributed by atoms with E-state index in [1.54, 1.807) is 24.3 Å². The van der Waals surface area contributed by atoms with Crippen LogP contribution in [0.5, 0.6) is 5.75 Å². The lowest BCUT2D eigenvalue weighted by Crippen LogP contribution is -2.08. The van der Waals surface area contributed by atoms with Gasteiger partial charge in [-0.15, -0.1) is 6.58 Å². The van der Waals surface area contributed by atoms with Crippen molar-refractivity contribution in [1.29, 1.82) is 0 Å². The molecule has 0 spiro atoms. The molecule has 0 N–H and O–H groups in total. The summed E-state index contributed by atoms with van der Waals surface area (Å²) >= 11 is 6.00. The summed E-state index contributed by atoms with van der Waals surface area (Å²) in [7, 11) is 1.35. The van der Waals surface area contributed by atoms with Crippen LogP contribution in [0.15, 0.2) is 30.9 Å². The average Bonchev–Trinajstić information content (AvgIpc) is 2.62. The molecule has 1 aromatic carbocycles. The zero-order valence-corrected chi connectivity index (χ0v) is 9.53. The van der Waals surface area contributed by atoms with Crippen LogP contribution in [0.3, 0.4) is 0 Å². The predicted molar refractivity (Wildman–Crippen MR) is 61.0 cm³/mol. The van der Waals surface area contributed by atoms with E-state index < -0.39 is 5.56 Å². The number of rotatable bonds is 2. The smallest absolute Gasteiger partial charge is 0.337 e. The minimum Gasteiger partial charge on any atom is -0.473 e. The van der Waals surface area contributed by atoms with Gasteiger partial charge in [-0.3, -0.25) is 0 Å². The standard InChI is InChI=1S/C12H11ClO3/c1-3-8-9-6-7(12(14)15-2)4-5-10(9)16-11(8)13/h3-6,8,11H,1H2,2H3. The van der Waals surface area contributed by atoms with Gasteiger partial charge < -0.3 is 9.47 Å². The SMILES string of the molecule is C=CC1c2cc(C(=O)OC)ccc2OC1Cl. The van der Waals surface area contributed by atoms with Crippen LogP contribution in [0.1, 0.15) is 21.8 Å². The molecule has 0 radical (unpaired) electrons. The Hall–Kier alpha value is -1.48. The summed E-state index contributed by atoms with van der Waals surface area (Å²) in [5, 5.41) is 0. The van der Waals surface area contributed by atoms with Crippen LogP contribution in [0.4, 0.5) is 0 Å². The van der Waals surface area contributed by atoms with Crippen LogP contribution in [0, 0.1) is 0 Å². The number of esters is 1. The van der Waals surface area contributed by atoms with Gasteiger partial charge in [-0.2, -0.15) is 0 Å². The molecule has 0 amide bonds. The Bertz CT molecular complexity index is 442. The normalized spacial score (nSPS) is 22.1. The highest BCUT2D eigenvalue weighted by Gasteiger charge is 2.31. The highest BCUT2D eigenvalue weighted by Crippen LogP contribution is 2.40. The van der Waals surface area contributed by atoms with Crippen molar-refractivity contribution in [2.24, 2.45) is 0 Å². The third-order valence-corrected chi connectivity index (χ3v) is 2.93. The number of carbonyl (C=O) groups excluding carboxylic acids is 1. The third kappa shape index (κ3) is 1.67.